The molecule has 0 saturated heterocycles. The van der Waals surface area contributed by atoms with E-state index in [-0.39, 0.29) is 23.6 Å². The number of rotatable bonds is 7. The number of hydrogen-bond acceptors (Lipinski definition) is 3. The van der Waals surface area contributed by atoms with E-state index in [1.165, 1.54) is 22.9 Å². The zero-order chi connectivity index (χ0) is 19.3. The van der Waals surface area contributed by atoms with Gasteiger partial charge in [0.15, 0.2) is 0 Å². The molecule has 0 unspecified atom stereocenters. The minimum atomic E-state index is -1.09. The molecular weight excluding hydrogens is 356 g/mol. The molecule has 0 saturated carbocycles. The summed E-state index contributed by atoms with van der Waals surface area (Å²) in [5.74, 6) is -1.51. The zero-order valence-corrected chi connectivity index (χ0v) is 15.4. The molecule has 1 atom stereocenters. The average Bonchev–Trinajstić information content (AvgIpc) is 2.57. The lowest BCUT2D eigenvalue weighted by Gasteiger charge is -2.17. The number of benzene rings is 1. The molecule has 26 heavy (non-hydrogen) atoms. The summed E-state index contributed by atoms with van der Waals surface area (Å²) in [6.45, 7) is 3.98. The van der Waals surface area contributed by atoms with Gasteiger partial charge in [-0.05, 0) is 30.0 Å². The second kappa shape index (κ2) is 8.67. The summed E-state index contributed by atoms with van der Waals surface area (Å²) in [5.41, 5.74) is 0.683. The Labute approximate surface area is 156 Å². The number of carboxylic acids is 1. The van der Waals surface area contributed by atoms with Crippen molar-refractivity contribution < 1.29 is 14.7 Å². The Hall–Kier alpha value is -2.60. The molecule has 0 aliphatic heterocycles. The monoisotopic (exact) mass is 376 g/mol. The first-order chi connectivity index (χ1) is 12.3. The van der Waals surface area contributed by atoms with E-state index in [1.807, 2.05) is 19.9 Å². The molecule has 7 heteroatoms. The van der Waals surface area contributed by atoms with Crippen LogP contribution >= 0.6 is 11.6 Å². The highest BCUT2D eigenvalue weighted by Crippen LogP contribution is 2.15. The SMILES string of the molecule is CC(C)C[C@H](NC(=O)c1ccc(=O)n(Cc2ccccc2Cl)c1)C(=O)O. The van der Waals surface area contributed by atoms with Crippen LogP contribution in [0.25, 0.3) is 0 Å². The molecule has 0 fully saturated rings. The fourth-order valence-corrected chi connectivity index (χ4v) is 2.73. The van der Waals surface area contributed by atoms with Gasteiger partial charge < -0.3 is 15.0 Å². The minimum absolute atomic E-state index is 0.116. The van der Waals surface area contributed by atoms with E-state index in [0.29, 0.717) is 11.4 Å². The molecule has 1 aromatic carbocycles. The van der Waals surface area contributed by atoms with E-state index in [1.54, 1.807) is 18.2 Å². The number of pyridine rings is 1. The number of hydrogen-bond donors (Lipinski definition) is 2. The third kappa shape index (κ3) is 5.20. The van der Waals surface area contributed by atoms with Crippen molar-refractivity contribution in [3.05, 3.63) is 69.1 Å². The normalized spacial score (nSPS) is 12.0. The maximum absolute atomic E-state index is 12.4. The first-order valence-corrected chi connectivity index (χ1v) is 8.63. The molecule has 0 aliphatic carbocycles. The van der Waals surface area contributed by atoms with Crippen molar-refractivity contribution in [1.82, 2.24) is 9.88 Å². The Balaban J connectivity index is 2.22. The van der Waals surface area contributed by atoms with Crippen LogP contribution in [0.15, 0.2) is 47.4 Å². The van der Waals surface area contributed by atoms with Crippen molar-refractivity contribution in [3.63, 3.8) is 0 Å². The van der Waals surface area contributed by atoms with Crippen LogP contribution < -0.4 is 10.9 Å². The Bertz CT molecular complexity index is 861. The van der Waals surface area contributed by atoms with E-state index in [9.17, 15) is 19.5 Å². The second-order valence-corrected chi connectivity index (χ2v) is 6.88. The molecule has 2 N–H and O–H groups in total. The minimum Gasteiger partial charge on any atom is -0.480 e. The van der Waals surface area contributed by atoms with Gasteiger partial charge in [0.2, 0.25) is 0 Å². The first kappa shape index (κ1) is 19.7. The van der Waals surface area contributed by atoms with Crippen LogP contribution in [-0.2, 0) is 11.3 Å². The molecule has 0 spiro atoms. The van der Waals surface area contributed by atoms with Crippen LogP contribution in [0.5, 0.6) is 0 Å². The number of aromatic nitrogens is 1. The molecular formula is C19H21ClN2O4. The van der Waals surface area contributed by atoms with Crippen molar-refractivity contribution in [2.45, 2.75) is 32.9 Å². The van der Waals surface area contributed by atoms with Crippen LogP contribution in [-0.4, -0.2) is 27.6 Å². The topological polar surface area (TPSA) is 88.4 Å². The molecule has 1 heterocycles. The molecule has 2 aromatic rings. The van der Waals surface area contributed by atoms with E-state index in [0.717, 1.165) is 5.56 Å². The summed E-state index contributed by atoms with van der Waals surface area (Å²) in [6.07, 6.45) is 1.73. The van der Waals surface area contributed by atoms with Gasteiger partial charge in [0.05, 0.1) is 12.1 Å². The fraction of sp³-hybridized carbons (Fsp3) is 0.316. The van der Waals surface area contributed by atoms with Crippen molar-refractivity contribution in [3.8, 4) is 0 Å². The third-order valence-electron chi connectivity index (χ3n) is 3.85. The summed E-state index contributed by atoms with van der Waals surface area (Å²) in [6, 6.07) is 8.81. The van der Waals surface area contributed by atoms with Crippen LogP contribution in [0, 0.1) is 5.92 Å². The third-order valence-corrected chi connectivity index (χ3v) is 4.22. The smallest absolute Gasteiger partial charge is 0.326 e. The van der Waals surface area contributed by atoms with Gasteiger partial charge in [-0.1, -0.05) is 43.6 Å². The van der Waals surface area contributed by atoms with E-state index in [2.05, 4.69) is 5.32 Å². The Morgan fingerprint density at radius 1 is 1.19 bits per heavy atom. The summed E-state index contributed by atoms with van der Waals surface area (Å²) in [4.78, 5) is 35.8. The number of aliphatic carboxylic acids is 1. The van der Waals surface area contributed by atoms with Crippen LogP contribution in [0.1, 0.15) is 36.2 Å². The Morgan fingerprint density at radius 3 is 2.50 bits per heavy atom. The maximum atomic E-state index is 12.4. The van der Waals surface area contributed by atoms with Crippen LogP contribution in [0.4, 0.5) is 0 Å². The van der Waals surface area contributed by atoms with E-state index >= 15 is 0 Å². The number of carbonyl (C=O) groups is 2. The lowest BCUT2D eigenvalue weighted by atomic mass is 10.0. The van der Waals surface area contributed by atoms with Gasteiger partial charge in [0.1, 0.15) is 6.04 Å². The van der Waals surface area contributed by atoms with Gasteiger partial charge in [-0.15, -0.1) is 0 Å². The standard InChI is InChI=1S/C19H21ClN2O4/c1-12(2)9-16(19(25)26)21-18(24)14-7-8-17(23)22(11-14)10-13-5-3-4-6-15(13)20/h3-8,11-12,16H,9-10H2,1-2H3,(H,21,24)(H,25,26)/t16-/m0/s1. The lowest BCUT2D eigenvalue weighted by Crippen LogP contribution is -2.42. The highest BCUT2D eigenvalue weighted by Gasteiger charge is 2.22. The van der Waals surface area contributed by atoms with Gasteiger partial charge in [-0.2, -0.15) is 0 Å². The van der Waals surface area contributed by atoms with E-state index in [4.69, 9.17) is 11.6 Å². The molecule has 0 bridgehead atoms. The first-order valence-electron chi connectivity index (χ1n) is 8.25. The lowest BCUT2D eigenvalue weighted by molar-refractivity contribution is -0.139. The predicted octanol–water partition coefficient (Wildman–Crippen LogP) is 2.78. The van der Waals surface area contributed by atoms with Crippen molar-refractivity contribution >= 4 is 23.5 Å². The number of carboxylic acid groups (broad SMARTS) is 1. The van der Waals surface area contributed by atoms with Gasteiger partial charge in [0, 0.05) is 17.3 Å². The summed E-state index contributed by atoms with van der Waals surface area (Å²) in [7, 11) is 0. The quantitative estimate of drug-likeness (QED) is 0.777. The van der Waals surface area contributed by atoms with E-state index < -0.39 is 17.9 Å². The summed E-state index contributed by atoms with van der Waals surface area (Å²) < 4.78 is 1.37. The van der Waals surface area contributed by atoms with Gasteiger partial charge in [-0.3, -0.25) is 9.59 Å². The number of amides is 1. The van der Waals surface area contributed by atoms with Gasteiger partial charge in [-0.25, -0.2) is 4.79 Å². The van der Waals surface area contributed by atoms with Crippen molar-refractivity contribution in [2.75, 3.05) is 0 Å². The molecule has 138 valence electrons. The molecule has 1 amide bonds. The summed E-state index contributed by atoms with van der Waals surface area (Å²) >= 11 is 6.12. The number of carbonyl (C=O) groups excluding carboxylic acids is 1. The molecule has 0 aliphatic rings. The number of nitrogens with one attached hydrogen (secondary N) is 1. The number of halogens is 1. The van der Waals surface area contributed by atoms with Crippen molar-refractivity contribution in [2.24, 2.45) is 5.92 Å². The molecule has 6 nitrogen and oxygen atoms in total. The fourth-order valence-electron chi connectivity index (χ4n) is 2.53. The highest BCUT2D eigenvalue weighted by molar-refractivity contribution is 6.31. The molecule has 2 rings (SSSR count). The Kier molecular flexibility index (Phi) is 6.58. The largest absolute Gasteiger partial charge is 0.480 e. The zero-order valence-electron chi connectivity index (χ0n) is 14.6. The van der Waals surface area contributed by atoms with Crippen LogP contribution in [0.3, 0.4) is 0 Å². The maximum Gasteiger partial charge on any atom is 0.326 e. The number of nitrogens with zero attached hydrogens (tertiary/aromatic N) is 1. The second-order valence-electron chi connectivity index (χ2n) is 6.47. The highest BCUT2D eigenvalue weighted by atomic mass is 35.5. The van der Waals surface area contributed by atoms with Crippen LogP contribution in [0.2, 0.25) is 5.02 Å². The predicted molar refractivity (Wildman–Crippen MR) is 99.6 cm³/mol. The summed E-state index contributed by atoms with van der Waals surface area (Å²) in [5, 5.41) is 12.3. The van der Waals surface area contributed by atoms with Crippen molar-refractivity contribution in [1.29, 1.82) is 0 Å². The van der Waals surface area contributed by atoms with Gasteiger partial charge in [0.25, 0.3) is 11.5 Å². The van der Waals surface area contributed by atoms with Gasteiger partial charge >= 0.3 is 5.97 Å². The average molecular weight is 377 g/mol. The Morgan fingerprint density at radius 2 is 1.88 bits per heavy atom. The molecule has 1 aromatic heterocycles. The molecule has 0 radical (unpaired) electrons.